The minimum atomic E-state index is -1.03. The van der Waals surface area contributed by atoms with E-state index in [0.29, 0.717) is 0 Å². The van der Waals surface area contributed by atoms with Gasteiger partial charge in [-0.25, -0.2) is 0 Å². The molecule has 3 rings (SSSR count). The molecule has 3 nitrogen and oxygen atoms in total. The molecule has 0 radical (unpaired) electrons. The van der Waals surface area contributed by atoms with E-state index in [1.54, 1.807) is 0 Å². The van der Waals surface area contributed by atoms with Crippen LogP contribution >= 0.6 is 0 Å². The molecule has 2 aromatic carbocycles. The number of carboxylic acid groups (broad SMARTS) is 1. The number of aliphatic carboxylic acids is 1. The third-order valence-corrected chi connectivity index (χ3v) is 4.48. The van der Waals surface area contributed by atoms with Crippen molar-refractivity contribution < 1.29 is 61.3 Å². The van der Waals surface area contributed by atoms with Crippen LogP contribution in [0, 0.1) is 13.8 Å². The first kappa shape index (κ1) is 18.7. The van der Waals surface area contributed by atoms with Gasteiger partial charge in [-0.2, -0.15) is 0 Å². The second-order valence-electron chi connectivity index (χ2n) is 6.05. The summed E-state index contributed by atoms with van der Waals surface area (Å²) in [5.41, 5.74) is 7.25. The number of carbonyl (C=O) groups is 1. The number of carboxylic acids is 1. The fourth-order valence-corrected chi connectivity index (χ4v) is 3.22. The molecule has 0 aliphatic carbocycles. The fraction of sp³-hybridized carbons (Fsp3) is 0.316. The SMILES string of the molecule is Cc1cccc(C)c1CN1CCc2ccc(CC(=O)[O-])cc21.[K+]. The number of aryl methyl sites for hydroxylation is 2. The van der Waals surface area contributed by atoms with Gasteiger partial charge in [-0.15, -0.1) is 0 Å². The standard InChI is InChI=1S/C19H21NO2.K/c1-13-4-3-5-14(2)17(13)12-20-9-8-16-7-6-15(10-18(16)20)11-19(21)22;/h3-7,10H,8-9,11-12H2,1-2H3,(H,21,22);/q;+1/p-1. The van der Waals surface area contributed by atoms with Crippen molar-refractivity contribution in [3.8, 4) is 0 Å². The molecule has 4 heteroatoms. The summed E-state index contributed by atoms with van der Waals surface area (Å²) < 4.78 is 0. The summed E-state index contributed by atoms with van der Waals surface area (Å²) in [6, 6.07) is 12.3. The van der Waals surface area contributed by atoms with Gasteiger partial charge in [0.1, 0.15) is 0 Å². The molecule has 0 unspecified atom stereocenters. The normalized spacial score (nSPS) is 12.7. The number of benzene rings is 2. The summed E-state index contributed by atoms with van der Waals surface area (Å²) in [7, 11) is 0. The van der Waals surface area contributed by atoms with Crippen molar-refractivity contribution in [3.05, 3.63) is 64.2 Å². The van der Waals surface area contributed by atoms with Crippen molar-refractivity contribution in [1.29, 1.82) is 0 Å². The van der Waals surface area contributed by atoms with E-state index in [-0.39, 0.29) is 57.8 Å². The molecule has 0 atom stereocenters. The van der Waals surface area contributed by atoms with Crippen molar-refractivity contribution in [2.45, 2.75) is 33.2 Å². The largest absolute Gasteiger partial charge is 1.00 e. The van der Waals surface area contributed by atoms with E-state index in [0.717, 1.165) is 25.1 Å². The molecule has 0 fully saturated rings. The fourth-order valence-electron chi connectivity index (χ4n) is 3.22. The van der Waals surface area contributed by atoms with Crippen LogP contribution in [0.5, 0.6) is 0 Å². The molecular formula is C19H20KNO2. The molecule has 0 spiro atoms. The van der Waals surface area contributed by atoms with E-state index < -0.39 is 5.97 Å². The number of nitrogens with zero attached hydrogens (tertiary/aromatic N) is 1. The molecule has 1 heterocycles. The smallest absolute Gasteiger partial charge is 0.550 e. The van der Waals surface area contributed by atoms with E-state index in [1.165, 1.54) is 27.9 Å². The molecular weight excluding hydrogens is 313 g/mol. The quantitative estimate of drug-likeness (QED) is 0.686. The van der Waals surface area contributed by atoms with Gasteiger partial charge >= 0.3 is 51.4 Å². The number of hydrogen-bond acceptors (Lipinski definition) is 3. The van der Waals surface area contributed by atoms with Crippen LogP contribution in [0.2, 0.25) is 0 Å². The zero-order valence-electron chi connectivity index (χ0n) is 14.1. The number of fused-ring (bicyclic) bond motifs is 1. The van der Waals surface area contributed by atoms with Gasteiger partial charge in [0, 0.05) is 31.2 Å². The van der Waals surface area contributed by atoms with Crippen molar-refractivity contribution in [1.82, 2.24) is 0 Å². The monoisotopic (exact) mass is 333 g/mol. The Morgan fingerprint density at radius 3 is 2.52 bits per heavy atom. The summed E-state index contributed by atoms with van der Waals surface area (Å²) >= 11 is 0. The minimum Gasteiger partial charge on any atom is -0.550 e. The Kier molecular flexibility index (Phi) is 6.45. The molecule has 0 bridgehead atoms. The molecule has 1 aliphatic heterocycles. The van der Waals surface area contributed by atoms with Crippen LogP contribution in [-0.4, -0.2) is 12.5 Å². The van der Waals surface area contributed by atoms with Crippen LogP contribution in [0.4, 0.5) is 5.69 Å². The van der Waals surface area contributed by atoms with Gasteiger partial charge in [0.15, 0.2) is 0 Å². The number of carbonyl (C=O) groups excluding carboxylic acids is 1. The molecule has 114 valence electrons. The minimum absolute atomic E-state index is 0. The van der Waals surface area contributed by atoms with Gasteiger partial charge in [-0.05, 0) is 54.2 Å². The van der Waals surface area contributed by atoms with Crippen LogP contribution < -0.4 is 61.4 Å². The summed E-state index contributed by atoms with van der Waals surface area (Å²) in [6.45, 7) is 6.15. The Hall–Kier alpha value is -0.654. The predicted octanol–water partition coefficient (Wildman–Crippen LogP) is -0.837. The second kappa shape index (κ2) is 7.95. The number of hydrogen-bond donors (Lipinski definition) is 0. The third kappa shape index (κ3) is 4.25. The molecule has 0 N–H and O–H groups in total. The molecule has 0 saturated heterocycles. The Labute approximate surface area is 180 Å². The summed E-state index contributed by atoms with van der Waals surface area (Å²) in [5, 5.41) is 10.8. The van der Waals surface area contributed by atoms with Crippen LogP contribution in [-0.2, 0) is 24.2 Å². The van der Waals surface area contributed by atoms with Gasteiger partial charge in [-0.1, -0.05) is 30.3 Å². The zero-order chi connectivity index (χ0) is 15.7. The third-order valence-electron chi connectivity index (χ3n) is 4.48. The molecule has 23 heavy (non-hydrogen) atoms. The average molecular weight is 333 g/mol. The molecule has 1 aliphatic rings. The average Bonchev–Trinajstić information content (AvgIpc) is 2.85. The van der Waals surface area contributed by atoms with Gasteiger partial charge in [0.2, 0.25) is 0 Å². The van der Waals surface area contributed by atoms with E-state index >= 15 is 0 Å². The second-order valence-corrected chi connectivity index (χ2v) is 6.05. The molecule has 2 aromatic rings. The Morgan fingerprint density at radius 1 is 1.17 bits per heavy atom. The molecule has 0 amide bonds. The van der Waals surface area contributed by atoms with Crippen LogP contribution in [0.3, 0.4) is 0 Å². The van der Waals surface area contributed by atoms with E-state index in [9.17, 15) is 9.90 Å². The molecule has 0 aromatic heterocycles. The number of anilines is 1. The summed E-state index contributed by atoms with van der Waals surface area (Å²) in [6.07, 6.45) is 0.996. The van der Waals surface area contributed by atoms with Crippen molar-refractivity contribution in [3.63, 3.8) is 0 Å². The van der Waals surface area contributed by atoms with Crippen molar-refractivity contribution >= 4 is 11.7 Å². The van der Waals surface area contributed by atoms with Crippen LogP contribution in [0.1, 0.15) is 27.8 Å². The van der Waals surface area contributed by atoms with E-state index in [2.05, 4.69) is 43.0 Å². The molecule has 0 saturated carbocycles. The van der Waals surface area contributed by atoms with Gasteiger partial charge in [0.25, 0.3) is 0 Å². The first-order valence-electron chi connectivity index (χ1n) is 7.66. The van der Waals surface area contributed by atoms with E-state index in [4.69, 9.17) is 0 Å². The van der Waals surface area contributed by atoms with Gasteiger partial charge in [-0.3, -0.25) is 0 Å². The zero-order valence-corrected chi connectivity index (χ0v) is 17.2. The Morgan fingerprint density at radius 2 is 1.87 bits per heavy atom. The topological polar surface area (TPSA) is 43.4 Å². The summed E-state index contributed by atoms with van der Waals surface area (Å²) in [5.74, 6) is -1.03. The maximum Gasteiger partial charge on any atom is 1.00 e. The number of rotatable bonds is 4. The predicted molar refractivity (Wildman–Crippen MR) is 85.8 cm³/mol. The maximum absolute atomic E-state index is 10.8. The summed E-state index contributed by atoms with van der Waals surface area (Å²) in [4.78, 5) is 13.2. The van der Waals surface area contributed by atoms with Crippen LogP contribution in [0.15, 0.2) is 36.4 Å². The van der Waals surface area contributed by atoms with E-state index in [1.807, 2.05) is 12.1 Å². The van der Waals surface area contributed by atoms with Crippen molar-refractivity contribution in [2.75, 3.05) is 11.4 Å². The van der Waals surface area contributed by atoms with Gasteiger partial charge in [0.05, 0.1) is 0 Å². The maximum atomic E-state index is 10.8. The van der Waals surface area contributed by atoms with Crippen molar-refractivity contribution in [2.24, 2.45) is 0 Å². The van der Waals surface area contributed by atoms with Crippen LogP contribution in [0.25, 0.3) is 0 Å². The Bertz CT molecular complexity index is 707. The Balaban J connectivity index is 0.00000192. The first-order chi connectivity index (χ1) is 10.5. The van der Waals surface area contributed by atoms with Gasteiger partial charge < -0.3 is 14.8 Å². The first-order valence-corrected chi connectivity index (χ1v) is 7.66.